The molecular weight excluding hydrogens is 250 g/mol. The maximum absolute atomic E-state index is 12.2. The molecule has 1 heterocycles. The number of benzene rings is 1. The molecule has 0 saturated heterocycles. The highest BCUT2D eigenvalue weighted by molar-refractivity contribution is 7.09. The minimum Gasteiger partial charge on any atom is -0.497 e. The van der Waals surface area contributed by atoms with Gasteiger partial charge in [0.1, 0.15) is 17.2 Å². The summed E-state index contributed by atoms with van der Waals surface area (Å²) in [6, 6.07) is 5.09. The van der Waals surface area contributed by atoms with Gasteiger partial charge in [-0.2, -0.15) is 0 Å². The van der Waals surface area contributed by atoms with E-state index in [1.165, 1.54) is 11.3 Å². The number of aryl methyl sites for hydroxylation is 1. The standard InChI is InChI=1S/C13H13NO3S/c1-8-14-12(7-18-8)13(15)9-4-10(16-2)6-11(5-9)17-3/h4-7H,1-3H3. The van der Waals surface area contributed by atoms with Gasteiger partial charge in [0.05, 0.1) is 19.2 Å². The van der Waals surface area contributed by atoms with E-state index in [0.717, 1.165) is 5.01 Å². The molecule has 0 N–H and O–H groups in total. The van der Waals surface area contributed by atoms with Crippen LogP contribution in [0.1, 0.15) is 21.1 Å². The van der Waals surface area contributed by atoms with Crippen molar-refractivity contribution in [2.45, 2.75) is 6.92 Å². The Labute approximate surface area is 109 Å². The highest BCUT2D eigenvalue weighted by atomic mass is 32.1. The highest BCUT2D eigenvalue weighted by Crippen LogP contribution is 2.24. The Morgan fingerprint density at radius 1 is 1.17 bits per heavy atom. The smallest absolute Gasteiger partial charge is 0.212 e. The summed E-state index contributed by atoms with van der Waals surface area (Å²) in [7, 11) is 3.10. The monoisotopic (exact) mass is 263 g/mol. The lowest BCUT2D eigenvalue weighted by Gasteiger charge is -2.06. The van der Waals surface area contributed by atoms with Gasteiger partial charge in [0.25, 0.3) is 0 Å². The Kier molecular flexibility index (Phi) is 3.62. The number of thiazole rings is 1. The van der Waals surface area contributed by atoms with Crippen molar-refractivity contribution in [3.8, 4) is 11.5 Å². The van der Waals surface area contributed by atoms with E-state index in [4.69, 9.17) is 9.47 Å². The van der Waals surface area contributed by atoms with E-state index in [9.17, 15) is 4.79 Å². The molecule has 2 aromatic rings. The molecule has 5 heteroatoms. The van der Waals surface area contributed by atoms with Crippen molar-refractivity contribution >= 4 is 17.1 Å². The summed E-state index contributed by atoms with van der Waals surface area (Å²) in [6.07, 6.45) is 0. The van der Waals surface area contributed by atoms with Crippen molar-refractivity contribution in [1.29, 1.82) is 0 Å². The Morgan fingerprint density at radius 3 is 2.22 bits per heavy atom. The third-order valence-corrected chi connectivity index (χ3v) is 3.24. The summed E-state index contributed by atoms with van der Waals surface area (Å²) < 4.78 is 10.3. The molecule has 0 bridgehead atoms. The molecule has 2 rings (SSSR count). The van der Waals surface area contributed by atoms with Crippen molar-refractivity contribution in [3.05, 3.63) is 39.8 Å². The first-order valence-corrected chi connectivity index (χ1v) is 6.22. The molecule has 1 aromatic heterocycles. The quantitative estimate of drug-likeness (QED) is 0.796. The molecule has 4 nitrogen and oxygen atoms in total. The van der Waals surface area contributed by atoms with E-state index >= 15 is 0 Å². The maximum Gasteiger partial charge on any atom is 0.212 e. The second-order valence-corrected chi connectivity index (χ2v) is 4.74. The molecule has 0 spiro atoms. The van der Waals surface area contributed by atoms with Gasteiger partial charge in [-0.05, 0) is 19.1 Å². The summed E-state index contributed by atoms with van der Waals surface area (Å²) >= 11 is 1.45. The highest BCUT2D eigenvalue weighted by Gasteiger charge is 2.14. The second kappa shape index (κ2) is 5.18. The Balaban J connectivity index is 2.40. The first-order valence-electron chi connectivity index (χ1n) is 5.34. The average Bonchev–Trinajstić information content (AvgIpc) is 2.83. The van der Waals surface area contributed by atoms with Gasteiger partial charge in [0.2, 0.25) is 5.78 Å². The predicted molar refractivity (Wildman–Crippen MR) is 69.8 cm³/mol. The zero-order valence-corrected chi connectivity index (χ0v) is 11.2. The van der Waals surface area contributed by atoms with Crippen molar-refractivity contribution in [3.63, 3.8) is 0 Å². The zero-order valence-electron chi connectivity index (χ0n) is 10.4. The first kappa shape index (κ1) is 12.6. The second-order valence-electron chi connectivity index (χ2n) is 3.68. The number of rotatable bonds is 4. The molecule has 0 amide bonds. The average molecular weight is 263 g/mol. The SMILES string of the molecule is COc1cc(OC)cc(C(=O)c2csc(C)n2)c1. The van der Waals surface area contributed by atoms with Crippen molar-refractivity contribution in [2.75, 3.05) is 14.2 Å². The lowest BCUT2D eigenvalue weighted by atomic mass is 10.1. The number of hydrogen-bond donors (Lipinski definition) is 0. The molecule has 0 fully saturated rings. The minimum atomic E-state index is -0.128. The molecule has 94 valence electrons. The lowest BCUT2D eigenvalue weighted by molar-refractivity contribution is 0.103. The fourth-order valence-electron chi connectivity index (χ4n) is 1.55. The van der Waals surface area contributed by atoms with Gasteiger partial charge in [0.15, 0.2) is 0 Å². The molecule has 0 aliphatic heterocycles. The van der Waals surface area contributed by atoms with Crippen molar-refractivity contribution in [1.82, 2.24) is 4.98 Å². The fraction of sp³-hybridized carbons (Fsp3) is 0.231. The van der Waals surface area contributed by atoms with Gasteiger partial charge in [-0.1, -0.05) is 0 Å². The molecule has 18 heavy (non-hydrogen) atoms. The largest absolute Gasteiger partial charge is 0.497 e. The fourth-order valence-corrected chi connectivity index (χ4v) is 2.15. The summed E-state index contributed by atoms with van der Waals surface area (Å²) in [5, 5.41) is 2.62. The molecular formula is C13H13NO3S. The van der Waals surface area contributed by atoms with Crippen LogP contribution in [0.4, 0.5) is 0 Å². The number of ketones is 1. The summed E-state index contributed by atoms with van der Waals surface area (Å²) in [6.45, 7) is 1.87. The lowest BCUT2D eigenvalue weighted by Crippen LogP contribution is -2.03. The number of carbonyl (C=O) groups excluding carboxylic acids is 1. The number of ether oxygens (including phenoxy) is 2. The van der Waals surface area contributed by atoms with E-state index in [-0.39, 0.29) is 5.78 Å². The van der Waals surface area contributed by atoms with E-state index in [2.05, 4.69) is 4.98 Å². The number of methoxy groups -OCH3 is 2. The van der Waals surface area contributed by atoms with Crippen LogP contribution in [-0.2, 0) is 0 Å². The van der Waals surface area contributed by atoms with Crippen LogP contribution >= 0.6 is 11.3 Å². The van der Waals surface area contributed by atoms with E-state index in [1.54, 1.807) is 37.8 Å². The maximum atomic E-state index is 12.2. The van der Waals surface area contributed by atoms with Crippen LogP contribution in [0.2, 0.25) is 0 Å². The summed E-state index contributed by atoms with van der Waals surface area (Å²) in [5.74, 6) is 1.05. The zero-order chi connectivity index (χ0) is 13.1. The van der Waals surface area contributed by atoms with E-state index in [0.29, 0.717) is 22.8 Å². The Morgan fingerprint density at radius 2 is 1.78 bits per heavy atom. The van der Waals surface area contributed by atoms with Gasteiger partial charge in [-0.15, -0.1) is 11.3 Å². The number of aromatic nitrogens is 1. The van der Waals surface area contributed by atoms with Crippen LogP contribution in [0.3, 0.4) is 0 Å². The molecule has 0 aliphatic rings. The van der Waals surface area contributed by atoms with Gasteiger partial charge in [0, 0.05) is 17.0 Å². The van der Waals surface area contributed by atoms with E-state index in [1.807, 2.05) is 6.92 Å². The van der Waals surface area contributed by atoms with Crippen LogP contribution in [0, 0.1) is 6.92 Å². The van der Waals surface area contributed by atoms with Crippen LogP contribution in [0.15, 0.2) is 23.6 Å². The Bertz CT molecular complexity index is 555. The number of nitrogens with zero attached hydrogens (tertiary/aromatic N) is 1. The molecule has 0 aliphatic carbocycles. The molecule has 0 atom stereocenters. The predicted octanol–water partition coefficient (Wildman–Crippen LogP) is 2.70. The third-order valence-electron chi connectivity index (χ3n) is 2.47. The summed E-state index contributed by atoms with van der Waals surface area (Å²) in [5.41, 5.74) is 0.962. The van der Waals surface area contributed by atoms with Crippen molar-refractivity contribution in [2.24, 2.45) is 0 Å². The number of carbonyl (C=O) groups is 1. The topological polar surface area (TPSA) is 48.4 Å². The first-order chi connectivity index (χ1) is 8.63. The number of hydrogen-bond acceptors (Lipinski definition) is 5. The van der Waals surface area contributed by atoms with Crippen LogP contribution in [-0.4, -0.2) is 25.0 Å². The van der Waals surface area contributed by atoms with Crippen LogP contribution < -0.4 is 9.47 Å². The normalized spacial score (nSPS) is 10.2. The van der Waals surface area contributed by atoms with E-state index < -0.39 is 0 Å². The molecule has 0 saturated carbocycles. The van der Waals surface area contributed by atoms with Crippen LogP contribution in [0.25, 0.3) is 0 Å². The molecule has 0 unspecified atom stereocenters. The Hall–Kier alpha value is -1.88. The van der Waals surface area contributed by atoms with Gasteiger partial charge in [-0.3, -0.25) is 4.79 Å². The molecule has 1 aromatic carbocycles. The van der Waals surface area contributed by atoms with Crippen LogP contribution in [0.5, 0.6) is 11.5 Å². The molecule has 0 radical (unpaired) electrons. The van der Waals surface area contributed by atoms with Gasteiger partial charge in [-0.25, -0.2) is 4.98 Å². The summed E-state index contributed by atoms with van der Waals surface area (Å²) in [4.78, 5) is 16.4. The van der Waals surface area contributed by atoms with Gasteiger partial charge < -0.3 is 9.47 Å². The van der Waals surface area contributed by atoms with Gasteiger partial charge >= 0.3 is 0 Å². The van der Waals surface area contributed by atoms with Crippen molar-refractivity contribution < 1.29 is 14.3 Å². The third kappa shape index (κ3) is 2.51. The minimum absolute atomic E-state index is 0.128.